The van der Waals surface area contributed by atoms with Gasteiger partial charge >= 0.3 is 11.9 Å². The van der Waals surface area contributed by atoms with E-state index >= 15 is 0 Å². The molecule has 0 fully saturated rings. The molecule has 1 aromatic carbocycles. The summed E-state index contributed by atoms with van der Waals surface area (Å²) in [6, 6.07) is 6.92. The standard InChI is InChI=1S/C22H24FNO7/c1-13(22(27)29-12-14(2)30-17-7-5-16(23)6-8-17)11-18(26)20-21(31-15(3)25)19(28-4)9-10-24-20/h5-10,13-14H,11-12H2,1-4H3/t13-,14+/m1/s1. The van der Waals surface area contributed by atoms with E-state index in [1.54, 1.807) is 6.92 Å². The van der Waals surface area contributed by atoms with E-state index in [9.17, 15) is 18.8 Å². The number of carbonyl (C=O) groups is 3. The number of hydrogen-bond acceptors (Lipinski definition) is 8. The normalized spacial score (nSPS) is 12.4. The first-order valence-corrected chi connectivity index (χ1v) is 9.54. The molecule has 0 saturated heterocycles. The van der Waals surface area contributed by atoms with Crippen LogP contribution in [0.5, 0.6) is 17.2 Å². The fourth-order valence-corrected chi connectivity index (χ4v) is 2.61. The van der Waals surface area contributed by atoms with Crippen molar-refractivity contribution in [3.63, 3.8) is 0 Å². The van der Waals surface area contributed by atoms with Crippen LogP contribution in [0.1, 0.15) is 37.7 Å². The largest absolute Gasteiger partial charge is 0.493 e. The molecule has 2 aromatic rings. The van der Waals surface area contributed by atoms with Crippen molar-refractivity contribution in [2.75, 3.05) is 13.7 Å². The summed E-state index contributed by atoms with van der Waals surface area (Å²) in [7, 11) is 1.37. The molecule has 0 aliphatic carbocycles. The summed E-state index contributed by atoms with van der Waals surface area (Å²) in [6.07, 6.45) is 0.657. The zero-order valence-corrected chi connectivity index (χ0v) is 17.7. The Balaban J connectivity index is 1.94. The van der Waals surface area contributed by atoms with Gasteiger partial charge in [-0.05, 0) is 31.2 Å². The summed E-state index contributed by atoms with van der Waals surface area (Å²) in [5.74, 6) is -2.37. The lowest BCUT2D eigenvalue weighted by atomic mass is 10.0. The number of ether oxygens (including phenoxy) is 4. The van der Waals surface area contributed by atoms with Gasteiger partial charge in [-0.3, -0.25) is 14.4 Å². The maximum atomic E-state index is 12.9. The van der Waals surface area contributed by atoms with Crippen LogP contribution in [0.4, 0.5) is 4.39 Å². The van der Waals surface area contributed by atoms with Crippen LogP contribution in [0.3, 0.4) is 0 Å². The van der Waals surface area contributed by atoms with Crippen molar-refractivity contribution >= 4 is 17.7 Å². The van der Waals surface area contributed by atoms with Crippen molar-refractivity contribution in [1.82, 2.24) is 4.98 Å². The zero-order chi connectivity index (χ0) is 23.0. The van der Waals surface area contributed by atoms with Crippen LogP contribution in [-0.2, 0) is 14.3 Å². The summed E-state index contributed by atoms with van der Waals surface area (Å²) in [6.45, 7) is 4.37. The highest BCUT2D eigenvalue weighted by molar-refractivity contribution is 5.99. The topological polar surface area (TPSA) is 101 Å². The minimum Gasteiger partial charge on any atom is -0.493 e. The molecular formula is C22H24FNO7. The van der Waals surface area contributed by atoms with Gasteiger partial charge in [0.2, 0.25) is 5.75 Å². The summed E-state index contributed by atoms with van der Waals surface area (Å²) in [5.41, 5.74) is -0.109. The number of aromatic nitrogens is 1. The molecule has 1 aromatic heterocycles. The zero-order valence-electron chi connectivity index (χ0n) is 17.7. The van der Waals surface area contributed by atoms with Crippen LogP contribution in [-0.4, -0.2) is 42.5 Å². The number of hydrogen-bond donors (Lipinski definition) is 0. The van der Waals surface area contributed by atoms with Crippen molar-refractivity contribution in [3.8, 4) is 17.2 Å². The average molecular weight is 433 g/mol. The first-order valence-electron chi connectivity index (χ1n) is 9.54. The molecule has 0 aliphatic rings. The van der Waals surface area contributed by atoms with Crippen LogP contribution in [0.15, 0.2) is 36.5 Å². The first-order chi connectivity index (χ1) is 14.7. The summed E-state index contributed by atoms with van der Waals surface area (Å²) < 4.78 is 33.9. The van der Waals surface area contributed by atoms with Crippen LogP contribution in [0.2, 0.25) is 0 Å². The molecular weight excluding hydrogens is 409 g/mol. The highest BCUT2D eigenvalue weighted by atomic mass is 19.1. The molecule has 31 heavy (non-hydrogen) atoms. The first kappa shape index (κ1) is 23.8. The Labute approximate surface area is 179 Å². The molecule has 0 N–H and O–H groups in total. The van der Waals surface area contributed by atoms with Gasteiger partial charge in [-0.25, -0.2) is 9.37 Å². The predicted octanol–water partition coefficient (Wildman–Crippen LogP) is 3.37. The number of benzene rings is 1. The molecule has 9 heteroatoms. The summed E-state index contributed by atoms with van der Waals surface area (Å²) in [5, 5.41) is 0. The third-order valence-electron chi connectivity index (χ3n) is 4.10. The number of pyridine rings is 1. The van der Waals surface area contributed by atoms with E-state index in [0.717, 1.165) is 0 Å². The van der Waals surface area contributed by atoms with Gasteiger partial charge in [-0.2, -0.15) is 0 Å². The van der Waals surface area contributed by atoms with Gasteiger partial charge in [0.05, 0.1) is 13.0 Å². The number of nitrogens with zero attached hydrogens (tertiary/aromatic N) is 1. The van der Waals surface area contributed by atoms with Crippen molar-refractivity contribution < 1.29 is 37.7 Å². The van der Waals surface area contributed by atoms with Crippen LogP contribution in [0, 0.1) is 11.7 Å². The molecule has 8 nitrogen and oxygen atoms in total. The Morgan fingerprint density at radius 3 is 2.39 bits per heavy atom. The highest BCUT2D eigenvalue weighted by Crippen LogP contribution is 2.31. The lowest BCUT2D eigenvalue weighted by Gasteiger charge is -2.17. The average Bonchev–Trinajstić information content (AvgIpc) is 2.73. The van der Waals surface area contributed by atoms with Crippen LogP contribution >= 0.6 is 0 Å². The number of Topliss-reactive ketones (excluding diaryl/α,β-unsaturated/α-hetero) is 1. The molecule has 0 bridgehead atoms. The monoisotopic (exact) mass is 433 g/mol. The lowest BCUT2D eigenvalue weighted by molar-refractivity contribution is -0.150. The van der Waals surface area contributed by atoms with Crippen molar-refractivity contribution in [3.05, 3.63) is 48.0 Å². The molecule has 2 atom stereocenters. The molecule has 0 saturated carbocycles. The fourth-order valence-electron chi connectivity index (χ4n) is 2.61. The van der Waals surface area contributed by atoms with Crippen molar-refractivity contribution in [1.29, 1.82) is 0 Å². The quantitative estimate of drug-likeness (QED) is 0.415. The van der Waals surface area contributed by atoms with Crippen molar-refractivity contribution in [2.45, 2.75) is 33.3 Å². The van der Waals surface area contributed by atoms with Crippen LogP contribution in [0.25, 0.3) is 0 Å². The Morgan fingerprint density at radius 2 is 1.77 bits per heavy atom. The van der Waals surface area contributed by atoms with Gasteiger partial charge in [0.1, 0.15) is 24.3 Å². The second-order valence-corrected chi connectivity index (χ2v) is 6.83. The Hall–Kier alpha value is -3.49. The predicted molar refractivity (Wildman–Crippen MR) is 108 cm³/mol. The highest BCUT2D eigenvalue weighted by Gasteiger charge is 2.25. The Bertz CT molecular complexity index is 930. The maximum Gasteiger partial charge on any atom is 0.309 e. The van der Waals surface area contributed by atoms with Crippen molar-refractivity contribution in [2.24, 2.45) is 5.92 Å². The Kier molecular flexibility index (Phi) is 8.48. The second-order valence-electron chi connectivity index (χ2n) is 6.83. The third-order valence-corrected chi connectivity index (χ3v) is 4.10. The van der Waals surface area contributed by atoms with E-state index in [1.165, 1.54) is 57.5 Å². The van der Waals surface area contributed by atoms with E-state index in [4.69, 9.17) is 18.9 Å². The fraction of sp³-hybridized carbons (Fsp3) is 0.364. The molecule has 2 rings (SSSR count). The van der Waals surface area contributed by atoms with Gasteiger partial charge in [0.25, 0.3) is 0 Å². The Morgan fingerprint density at radius 1 is 1.10 bits per heavy atom. The van der Waals surface area contributed by atoms with Gasteiger partial charge in [-0.15, -0.1) is 0 Å². The summed E-state index contributed by atoms with van der Waals surface area (Å²) >= 11 is 0. The van der Waals surface area contributed by atoms with E-state index in [0.29, 0.717) is 5.75 Å². The van der Waals surface area contributed by atoms with E-state index in [-0.39, 0.29) is 36.0 Å². The number of ketones is 1. The molecule has 1 heterocycles. The lowest BCUT2D eigenvalue weighted by Crippen LogP contribution is -2.25. The van der Waals surface area contributed by atoms with E-state index < -0.39 is 29.7 Å². The minimum atomic E-state index is -0.774. The van der Waals surface area contributed by atoms with Crippen LogP contribution < -0.4 is 14.2 Å². The minimum absolute atomic E-state index is 0.0507. The molecule has 0 aliphatic heterocycles. The molecule has 0 amide bonds. The smallest absolute Gasteiger partial charge is 0.309 e. The summed E-state index contributed by atoms with van der Waals surface area (Å²) in [4.78, 5) is 40.3. The number of rotatable bonds is 10. The van der Waals surface area contributed by atoms with E-state index in [2.05, 4.69) is 4.98 Å². The van der Waals surface area contributed by atoms with Gasteiger partial charge in [-0.1, -0.05) is 6.92 Å². The molecule has 0 radical (unpaired) electrons. The SMILES string of the molecule is COc1ccnc(C(=O)C[C@@H](C)C(=O)OC[C@H](C)Oc2ccc(F)cc2)c1OC(C)=O. The van der Waals surface area contributed by atoms with Gasteiger partial charge in [0.15, 0.2) is 17.2 Å². The molecule has 0 unspecified atom stereocenters. The third kappa shape index (κ3) is 7.06. The number of methoxy groups -OCH3 is 1. The second kappa shape index (κ2) is 11.1. The number of esters is 2. The number of carbonyl (C=O) groups excluding carboxylic acids is 3. The maximum absolute atomic E-state index is 12.9. The molecule has 166 valence electrons. The van der Waals surface area contributed by atoms with Gasteiger partial charge in [0, 0.05) is 25.6 Å². The number of halogens is 1. The molecule has 0 spiro atoms. The van der Waals surface area contributed by atoms with Gasteiger partial charge < -0.3 is 18.9 Å². The van der Waals surface area contributed by atoms with E-state index in [1.807, 2.05) is 0 Å².